The van der Waals surface area contributed by atoms with Crippen LogP contribution in [-0.4, -0.2) is 88.2 Å². The highest BCUT2D eigenvalue weighted by Gasteiger charge is 2.34. The van der Waals surface area contributed by atoms with Crippen LogP contribution in [0.15, 0.2) is 0 Å². The van der Waals surface area contributed by atoms with E-state index < -0.39 is 9.84 Å². The van der Waals surface area contributed by atoms with Crippen molar-refractivity contribution in [3.63, 3.8) is 0 Å². The van der Waals surface area contributed by atoms with Crippen molar-refractivity contribution < 1.29 is 17.9 Å². The van der Waals surface area contributed by atoms with Gasteiger partial charge in [-0.05, 0) is 6.42 Å². The zero-order valence-electron chi connectivity index (χ0n) is 11.9. The van der Waals surface area contributed by atoms with Gasteiger partial charge in [0.2, 0.25) is 0 Å². The average molecular weight is 305 g/mol. The van der Waals surface area contributed by atoms with Crippen molar-refractivity contribution in [2.75, 3.05) is 57.9 Å². The fourth-order valence-corrected chi connectivity index (χ4v) is 4.49. The Morgan fingerprint density at radius 1 is 1.30 bits per heavy atom. The van der Waals surface area contributed by atoms with E-state index in [1.54, 1.807) is 12.0 Å². The zero-order chi connectivity index (χ0) is 14.6. The van der Waals surface area contributed by atoms with Crippen LogP contribution in [0.5, 0.6) is 0 Å². The van der Waals surface area contributed by atoms with E-state index in [0.29, 0.717) is 32.0 Å². The standard InChI is InChI=1S/C12H23N3O4S/c1-19-8-3-13-12(16)15-6-4-14(5-7-15)11-2-9-20(17,18)10-11/h11H,2-10H2,1H3,(H,13,16). The third kappa shape index (κ3) is 4.07. The van der Waals surface area contributed by atoms with Crippen LogP contribution in [0.3, 0.4) is 0 Å². The summed E-state index contributed by atoms with van der Waals surface area (Å²) in [6.07, 6.45) is 0.725. The van der Waals surface area contributed by atoms with Crippen molar-refractivity contribution in [2.24, 2.45) is 0 Å². The van der Waals surface area contributed by atoms with Gasteiger partial charge in [-0.3, -0.25) is 4.90 Å². The third-order valence-corrected chi connectivity index (χ3v) is 5.66. The molecule has 1 atom stereocenters. The van der Waals surface area contributed by atoms with Gasteiger partial charge in [-0.15, -0.1) is 0 Å². The summed E-state index contributed by atoms with van der Waals surface area (Å²) in [6.45, 7) is 3.81. The van der Waals surface area contributed by atoms with Crippen molar-refractivity contribution in [1.29, 1.82) is 0 Å². The molecule has 1 unspecified atom stereocenters. The molecule has 8 heteroatoms. The zero-order valence-corrected chi connectivity index (χ0v) is 12.7. The van der Waals surface area contributed by atoms with Crippen LogP contribution < -0.4 is 5.32 Å². The Bertz CT molecular complexity index is 432. The highest BCUT2D eigenvalue weighted by atomic mass is 32.2. The minimum atomic E-state index is -2.84. The van der Waals surface area contributed by atoms with Crippen LogP contribution in [-0.2, 0) is 14.6 Å². The number of hydrogen-bond acceptors (Lipinski definition) is 5. The lowest BCUT2D eigenvalue weighted by atomic mass is 10.2. The molecule has 0 aromatic carbocycles. The number of nitrogens with one attached hydrogen (secondary N) is 1. The molecule has 2 aliphatic rings. The number of urea groups is 1. The second-order valence-electron chi connectivity index (χ2n) is 5.30. The molecular weight excluding hydrogens is 282 g/mol. The molecule has 1 N–H and O–H groups in total. The molecular formula is C12H23N3O4S. The van der Waals surface area contributed by atoms with E-state index in [1.807, 2.05) is 0 Å². The van der Waals surface area contributed by atoms with E-state index in [1.165, 1.54) is 0 Å². The van der Waals surface area contributed by atoms with Crippen molar-refractivity contribution >= 4 is 15.9 Å². The quantitative estimate of drug-likeness (QED) is 0.684. The molecule has 2 rings (SSSR count). The van der Waals surface area contributed by atoms with Gasteiger partial charge in [-0.2, -0.15) is 0 Å². The van der Waals surface area contributed by atoms with Gasteiger partial charge in [0.25, 0.3) is 0 Å². The maximum Gasteiger partial charge on any atom is 0.317 e. The first-order valence-electron chi connectivity index (χ1n) is 6.98. The first-order valence-corrected chi connectivity index (χ1v) is 8.80. The van der Waals surface area contributed by atoms with E-state index in [9.17, 15) is 13.2 Å². The van der Waals surface area contributed by atoms with Crippen molar-refractivity contribution in [1.82, 2.24) is 15.1 Å². The highest BCUT2D eigenvalue weighted by molar-refractivity contribution is 7.91. The monoisotopic (exact) mass is 305 g/mol. The Morgan fingerprint density at radius 2 is 2.00 bits per heavy atom. The van der Waals surface area contributed by atoms with Crippen LogP contribution in [0.25, 0.3) is 0 Å². The molecule has 2 heterocycles. The number of carbonyl (C=O) groups is 1. The summed E-state index contributed by atoms with van der Waals surface area (Å²) in [4.78, 5) is 15.8. The van der Waals surface area contributed by atoms with Crippen LogP contribution in [0.1, 0.15) is 6.42 Å². The van der Waals surface area contributed by atoms with Gasteiger partial charge < -0.3 is 15.0 Å². The van der Waals surface area contributed by atoms with Gasteiger partial charge in [0.15, 0.2) is 9.84 Å². The molecule has 7 nitrogen and oxygen atoms in total. The van der Waals surface area contributed by atoms with Gasteiger partial charge in [-0.25, -0.2) is 13.2 Å². The second-order valence-corrected chi connectivity index (χ2v) is 7.53. The lowest BCUT2D eigenvalue weighted by Crippen LogP contribution is -2.54. The van der Waals surface area contributed by atoms with Crippen LogP contribution in [0.4, 0.5) is 4.79 Å². The number of ether oxygens (including phenoxy) is 1. The normalized spacial score (nSPS) is 26.6. The highest BCUT2D eigenvalue weighted by Crippen LogP contribution is 2.19. The minimum absolute atomic E-state index is 0.0688. The average Bonchev–Trinajstić information content (AvgIpc) is 2.79. The van der Waals surface area contributed by atoms with Crippen LogP contribution in [0.2, 0.25) is 0 Å². The molecule has 0 aliphatic carbocycles. The molecule has 2 saturated heterocycles. The maximum atomic E-state index is 11.8. The van der Waals surface area contributed by atoms with Crippen LogP contribution in [0, 0.1) is 0 Å². The number of carbonyl (C=O) groups excluding carboxylic acids is 1. The first kappa shape index (κ1) is 15.5. The molecule has 0 aromatic rings. The molecule has 0 saturated carbocycles. The third-order valence-electron chi connectivity index (χ3n) is 3.91. The second kappa shape index (κ2) is 6.73. The lowest BCUT2D eigenvalue weighted by Gasteiger charge is -2.37. The van der Waals surface area contributed by atoms with Crippen LogP contribution >= 0.6 is 0 Å². The van der Waals surface area contributed by atoms with Gasteiger partial charge in [-0.1, -0.05) is 0 Å². The molecule has 0 radical (unpaired) electrons. The number of methoxy groups -OCH3 is 1. The Morgan fingerprint density at radius 3 is 2.55 bits per heavy atom. The van der Waals surface area contributed by atoms with E-state index in [4.69, 9.17) is 4.74 Å². The van der Waals surface area contributed by atoms with Crippen molar-refractivity contribution in [3.8, 4) is 0 Å². The topological polar surface area (TPSA) is 79.0 Å². The number of sulfone groups is 1. The Balaban J connectivity index is 1.74. The summed E-state index contributed by atoms with van der Waals surface area (Å²) in [5, 5.41) is 2.80. The fraction of sp³-hybridized carbons (Fsp3) is 0.917. The lowest BCUT2D eigenvalue weighted by molar-refractivity contribution is 0.114. The summed E-state index contributed by atoms with van der Waals surface area (Å²) in [7, 11) is -1.24. The number of amides is 2. The first-order chi connectivity index (χ1) is 9.52. The predicted molar refractivity (Wildman–Crippen MR) is 75.5 cm³/mol. The fourth-order valence-electron chi connectivity index (χ4n) is 2.73. The van der Waals surface area contributed by atoms with E-state index >= 15 is 0 Å². The minimum Gasteiger partial charge on any atom is -0.383 e. The van der Waals surface area contributed by atoms with Gasteiger partial charge in [0.05, 0.1) is 18.1 Å². The van der Waals surface area contributed by atoms with E-state index in [0.717, 1.165) is 19.5 Å². The Kier molecular flexibility index (Phi) is 5.22. The molecule has 0 aromatic heterocycles. The molecule has 20 heavy (non-hydrogen) atoms. The number of rotatable bonds is 4. The van der Waals surface area contributed by atoms with E-state index in [-0.39, 0.29) is 17.8 Å². The number of nitrogens with zero attached hydrogens (tertiary/aromatic N) is 2. The summed E-state index contributed by atoms with van der Waals surface area (Å²) < 4.78 is 27.9. The largest absolute Gasteiger partial charge is 0.383 e. The summed E-state index contributed by atoms with van der Waals surface area (Å²) in [5.74, 6) is 0.572. The smallest absolute Gasteiger partial charge is 0.317 e. The summed E-state index contributed by atoms with van der Waals surface area (Å²) in [5.41, 5.74) is 0. The predicted octanol–water partition coefficient (Wildman–Crippen LogP) is -0.853. The van der Waals surface area contributed by atoms with E-state index in [2.05, 4.69) is 10.2 Å². The van der Waals surface area contributed by atoms with Crippen molar-refractivity contribution in [3.05, 3.63) is 0 Å². The molecule has 116 valence electrons. The molecule has 2 fully saturated rings. The van der Waals surface area contributed by atoms with Gasteiger partial charge in [0, 0.05) is 45.9 Å². The summed E-state index contributed by atoms with van der Waals surface area (Å²) >= 11 is 0. The Hall–Kier alpha value is -0.860. The SMILES string of the molecule is COCCNC(=O)N1CCN(C2CCS(=O)(=O)C2)CC1. The Labute approximate surface area is 120 Å². The maximum absolute atomic E-state index is 11.8. The molecule has 2 amide bonds. The van der Waals surface area contributed by atoms with Gasteiger partial charge >= 0.3 is 6.03 Å². The molecule has 0 bridgehead atoms. The van der Waals surface area contributed by atoms with Gasteiger partial charge in [0.1, 0.15) is 0 Å². The number of piperazine rings is 1. The van der Waals surface area contributed by atoms with Crippen molar-refractivity contribution in [2.45, 2.75) is 12.5 Å². The molecule has 2 aliphatic heterocycles. The summed E-state index contributed by atoms with van der Waals surface area (Å²) in [6, 6.07) is 0.0689. The molecule has 0 spiro atoms. The number of hydrogen-bond donors (Lipinski definition) is 1.